The Bertz CT molecular complexity index is 434. The largest absolute Gasteiger partial charge is 0.550 e. The molecule has 1 spiro atoms. The molecule has 0 radical (unpaired) electrons. The molecule has 18 heavy (non-hydrogen) atoms. The molecular weight excluding hydrogens is 238 g/mol. The molecule has 0 aromatic carbocycles. The number of likely N-dealkylation sites (tertiary alicyclic amines) is 1. The van der Waals surface area contributed by atoms with Gasteiger partial charge in [-0.2, -0.15) is 0 Å². The summed E-state index contributed by atoms with van der Waals surface area (Å²) in [6, 6.07) is 0. The fraction of sp³-hybridized carbons (Fsp3) is 0.667. The van der Waals surface area contributed by atoms with Gasteiger partial charge < -0.3 is 24.3 Å². The average Bonchev–Trinajstić information content (AvgIpc) is 2.95. The van der Waals surface area contributed by atoms with Crippen molar-refractivity contribution in [3.8, 4) is 0 Å². The Morgan fingerprint density at radius 3 is 3.17 bits per heavy atom. The lowest BCUT2D eigenvalue weighted by Gasteiger charge is -2.24. The number of carbonyl (C=O) groups excluding carboxylic acids is 2. The monoisotopic (exact) mass is 252 g/mol. The second-order valence-electron chi connectivity index (χ2n) is 4.97. The van der Waals surface area contributed by atoms with Crippen LogP contribution in [-0.2, 0) is 19.1 Å². The summed E-state index contributed by atoms with van der Waals surface area (Å²) in [6.45, 7) is 1.28. The summed E-state index contributed by atoms with van der Waals surface area (Å²) in [5, 5.41) is 11.2. The lowest BCUT2D eigenvalue weighted by atomic mass is 9.77. The van der Waals surface area contributed by atoms with E-state index in [1.165, 1.54) is 0 Å². The highest BCUT2D eigenvalue weighted by Gasteiger charge is 2.65. The van der Waals surface area contributed by atoms with Gasteiger partial charge in [0, 0.05) is 25.5 Å². The van der Waals surface area contributed by atoms with Gasteiger partial charge in [0.15, 0.2) is 0 Å². The molecule has 1 amide bonds. The van der Waals surface area contributed by atoms with E-state index in [-0.39, 0.29) is 5.91 Å². The molecule has 0 saturated carbocycles. The van der Waals surface area contributed by atoms with E-state index >= 15 is 0 Å². The second-order valence-corrected chi connectivity index (χ2v) is 4.97. The lowest BCUT2D eigenvalue weighted by molar-refractivity contribution is -0.313. The van der Waals surface area contributed by atoms with E-state index in [2.05, 4.69) is 0 Å². The van der Waals surface area contributed by atoms with Crippen LogP contribution in [0, 0.1) is 11.8 Å². The van der Waals surface area contributed by atoms with Gasteiger partial charge in [-0.15, -0.1) is 0 Å². The Morgan fingerprint density at radius 1 is 1.72 bits per heavy atom. The number of hydrogen-bond donors (Lipinski definition) is 0. The number of carboxylic acids is 1. The molecule has 0 N–H and O–H groups in total. The van der Waals surface area contributed by atoms with Gasteiger partial charge in [-0.05, 0) is 0 Å². The first-order valence-electron chi connectivity index (χ1n) is 5.95. The third kappa shape index (κ3) is 1.36. The Kier molecular flexibility index (Phi) is 2.46. The molecule has 3 rings (SSSR count). The molecule has 0 aromatic heterocycles. The molecule has 2 fully saturated rings. The molecular formula is C12H14NO5-. The van der Waals surface area contributed by atoms with Gasteiger partial charge in [-0.1, -0.05) is 12.2 Å². The Balaban J connectivity index is 1.87. The fourth-order valence-corrected chi connectivity index (χ4v) is 3.24. The first kappa shape index (κ1) is 11.7. The van der Waals surface area contributed by atoms with E-state index in [9.17, 15) is 14.7 Å². The number of carboxylic acid groups (broad SMARTS) is 1. The third-order valence-electron chi connectivity index (χ3n) is 4.02. The number of hydrogen-bond acceptors (Lipinski definition) is 5. The highest BCUT2D eigenvalue weighted by atomic mass is 16.5. The van der Waals surface area contributed by atoms with Crippen LogP contribution in [0.1, 0.15) is 0 Å². The van der Waals surface area contributed by atoms with Crippen molar-refractivity contribution in [1.29, 1.82) is 0 Å². The van der Waals surface area contributed by atoms with Crippen molar-refractivity contribution in [3.05, 3.63) is 12.2 Å². The maximum Gasteiger partial charge on any atom is 0.229 e. The third-order valence-corrected chi connectivity index (χ3v) is 4.02. The van der Waals surface area contributed by atoms with Crippen molar-refractivity contribution in [3.63, 3.8) is 0 Å². The zero-order valence-corrected chi connectivity index (χ0v) is 10.00. The maximum absolute atomic E-state index is 12.3. The van der Waals surface area contributed by atoms with Crippen LogP contribution in [0.15, 0.2) is 12.2 Å². The number of fused-ring (bicyclic) bond motifs is 1. The summed E-state index contributed by atoms with van der Waals surface area (Å²) in [4.78, 5) is 25.0. The van der Waals surface area contributed by atoms with Crippen molar-refractivity contribution < 1.29 is 24.2 Å². The Morgan fingerprint density at radius 2 is 2.50 bits per heavy atom. The Hall–Kier alpha value is -1.40. The van der Waals surface area contributed by atoms with Crippen LogP contribution in [0.25, 0.3) is 0 Å². The van der Waals surface area contributed by atoms with Crippen LogP contribution in [-0.4, -0.2) is 55.3 Å². The molecule has 0 unspecified atom stereocenters. The first-order chi connectivity index (χ1) is 8.59. The van der Waals surface area contributed by atoms with Gasteiger partial charge in [-0.3, -0.25) is 4.79 Å². The van der Waals surface area contributed by atoms with Crippen LogP contribution < -0.4 is 5.11 Å². The normalized spacial score (nSPS) is 40.6. The van der Waals surface area contributed by atoms with Crippen molar-refractivity contribution in [2.45, 2.75) is 11.7 Å². The minimum absolute atomic E-state index is 0.173. The van der Waals surface area contributed by atoms with Crippen LogP contribution in [0.3, 0.4) is 0 Å². The lowest BCUT2D eigenvalue weighted by Crippen LogP contribution is -2.45. The SMILES string of the molecule is COCCN1C[C@@]23C=C[C@H](O2)[C@H](C(=O)[O-])[C@@H]3C1=O. The minimum Gasteiger partial charge on any atom is -0.550 e. The zero-order valence-electron chi connectivity index (χ0n) is 10.00. The van der Waals surface area contributed by atoms with E-state index in [1.807, 2.05) is 6.08 Å². The van der Waals surface area contributed by atoms with Gasteiger partial charge in [0.25, 0.3) is 0 Å². The van der Waals surface area contributed by atoms with Gasteiger partial charge >= 0.3 is 0 Å². The summed E-state index contributed by atoms with van der Waals surface area (Å²) >= 11 is 0. The Labute approximate surface area is 104 Å². The van der Waals surface area contributed by atoms with Crippen molar-refractivity contribution in [1.82, 2.24) is 4.90 Å². The quantitative estimate of drug-likeness (QED) is 0.550. The molecule has 6 heteroatoms. The zero-order chi connectivity index (χ0) is 12.9. The molecule has 98 valence electrons. The summed E-state index contributed by atoms with van der Waals surface area (Å²) < 4.78 is 10.6. The van der Waals surface area contributed by atoms with E-state index in [4.69, 9.17) is 9.47 Å². The van der Waals surface area contributed by atoms with Crippen LogP contribution in [0.4, 0.5) is 0 Å². The molecule has 0 aromatic rings. The number of amides is 1. The number of nitrogens with zero attached hydrogens (tertiary/aromatic N) is 1. The number of aliphatic carboxylic acids is 1. The molecule has 4 atom stereocenters. The molecule has 2 saturated heterocycles. The molecule has 0 aliphatic carbocycles. The van der Waals surface area contributed by atoms with Gasteiger partial charge in [0.2, 0.25) is 5.91 Å². The summed E-state index contributed by atoms with van der Waals surface area (Å²) in [6.07, 6.45) is 3.03. The summed E-state index contributed by atoms with van der Waals surface area (Å²) in [7, 11) is 1.56. The van der Waals surface area contributed by atoms with E-state index in [0.29, 0.717) is 19.7 Å². The van der Waals surface area contributed by atoms with Gasteiger partial charge in [0.1, 0.15) is 5.60 Å². The van der Waals surface area contributed by atoms with Crippen LogP contribution in [0.2, 0.25) is 0 Å². The smallest absolute Gasteiger partial charge is 0.229 e. The minimum atomic E-state index is -1.21. The molecule has 3 heterocycles. The van der Waals surface area contributed by atoms with E-state index in [1.54, 1.807) is 18.1 Å². The predicted octanol–water partition coefficient (Wildman–Crippen LogP) is -1.84. The number of methoxy groups -OCH3 is 1. The molecule has 3 aliphatic rings. The highest BCUT2D eigenvalue weighted by Crippen LogP contribution is 2.51. The topological polar surface area (TPSA) is 78.9 Å². The summed E-state index contributed by atoms with van der Waals surface area (Å²) in [5.41, 5.74) is -0.764. The standard InChI is InChI=1S/C12H15NO5/c1-17-5-4-13-6-12-3-2-7(18-12)8(11(15)16)9(12)10(13)14/h2-3,7-9H,4-6H2,1H3,(H,15,16)/p-1/t7-,8-,9+,12+/m0/s1. The first-order valence-corrected chi connectivity index (χ1v) is 5.95. The molecule has 3 aliphatic heterocycles. The fourth-order valence-electron chi connectivity index (χ4n) is 3.24. The van der Waals surface area contributed by atoms with Crippen molar-refractivity contribution >= 4 is 11.9 Å². The van der Waals surface area contributed by atoms with Gasteiger partial charge in [-0.25, -0.2) is 0 Å². The van der Waals surface area contributed by atoms with Gasteiger partial charge in [0.05, 0.1) is 25.2 Å². The van der Waals surface area contributed by atoms with Crippen LogP contribution >= 0.6 is 0 Å². The number of ether oxygens (including phenoxy) is 2. The molecule has 6 nitrogen and oxygen atoms in total. The predicted molar refractivity (Wildman–Crippen MR) is 57.2 cm³/mol. The summed E-state index contributed by atoms with van der Waals surface area (Å²) in [5.74, 6) is -2.89. The second kappa shape index (κ2) is 3.80. The van der Waals surface area contributed by atoms with E-state index < -0.39 is 29.5 Å². The number of rotatable bonds is 4. The average molecular weight is 252 g/mol. The highest BCUT2D eigenvalue weighted by molar-refractivity contribution is 5.90. The van der Waals surface area contributed by atoms with Crippen LogP contribution in [0.5, 0.6) is 0 Å². The molecule has 2 bridgehead atoms. The van der Waals surface area contributed by atoms with Crippen molar-refractivity contribution in [2.75, 3.05) is 26.8 Å². The van der Waals surface area contributed by atoms with E-state index in [0.717, 1.165) is 0 Å². The van der Waals surface area contributed by atoms with Crippen molar-refractivity contribution in [2.24, 2.45) is 11.8 Å². The number of carbonyl (C=O) groups is 2. The maximum atomic E-state index is 12.3.